The maximum atomic E-state index is 11.8. The quantitative estimate of drug-likeness (QED) is 0.339. The van der Waals surface area contributed by atoms with E-state index in [1.165, 1.54) is 29.2 Å². The Balaban J connectivity index is 1.86. The van der Waals surface area contributed by atoms with Crippen LogP contribution in [0.5, 0.6) is 0 Å². The molecule has 0 unspecified atom stereocenters. The summed E-state index contributed by atoms with van der Waals surface area (Å²) in [5, 5.41) is 11.4. The van der Waals surface area contributed by atoms with Gasteiger partial charge in [-0.2, -0.15) is 0 Å². The maximum Gasteiger partial charge on any atom is 0.251 e. The summed E-state index contributed by atoms with van der Waals surface area (Å²) in [5.74, 6) is 0.636. The minimum absolute atomic E-state index is 0.126. The summed E-state index contributed by atoms with van der Waals surface area (Å²) in [4.78, 5) is 29.9. The van der Waals surface area contributed by atoms with Crippen molar-refractivity contribution in [2.45, 2.75) is 16.4 Å². The number of thioether (sulfide) groups is 2. The number of amides is 1. The third-order valence-electron chi connectivity index (χ3n) is 2.17. The second-order valence-electron chi connectivity index (χ2n) is 4.00. The molecule has 22 heavy (non-hydrogen) atoms. The molecular weight excluding hydrogens is 342 g/mol. The molecule has 116 valence electrons. The van der Waals surface area contributed by atoms with Gasteiger partial charge in [0.25, 0.3) is 5.56 Å². The van der Waals surface area contributed by atoms with Crippen molar-refractivity contribution in [1.82, 2.24) is 20.2 Å². The average molecular weight is 355 g/mol. The lowest BCUT2D eigenvalue weighted by Gasteiger charge is -2.01. The first-order chi connectivity index (χ1) is 10.6. The average Bonchev–Trinajstić information content (AvgIpc) is 2.89. The molecule has 0 radical (unpaired) electrons. The Bertz CT molecular complexity index is 728. The molecule has 0 atom stereocenters. The van der Waals surface area contributed by atoms with Crippen molar-refractivity contribution in [3.05, 3.63) is 34.8 Å². The number of carbonyl (C=O) groups is 1. The second-order valence-corrected chi connectivity index (χ2v) is 7.21. The van der Waals surface area contributed by atoms with Crippen molar-refractivity contribution in [2.24, 2.45) is 0 Å². The lowest BCUT2D eigenvalue weighted by molar-refractivity contribution is -0.113. The van der Waals surface area contributed by atoms with E-state index in [2.05, 4.69) is 32.1 Å². The zero-order valence-electron chi connectivity index (χ0n) is 11.7. The first-order valence-electron chi connectivity index (χ1n) is 6.14. The van der Waals surface area contributed by atoms with Crippen LogP contribution in [0, 0.1) is 6.92 Å². The summed E-state index contributed by atoms with van der Waals surface area (Å²) in [6.45, 7) is 5.35. The highest BCUT2D eigenvalue weighted by Gasteiger charge is 2.09. The van der Waals surface area contributed by atoms with Crippen molar-refractivity contribution in [1.29, 1.82) is 0 Å². The smallest absolute Gasteiger partial charge is 0.251 e. The van der Waals surface area contributed by atoms with Gasteiger partial charge in [-0.15, -0.1) is 16.8 Å². The third kappa shape index (κ3) is 5.28. The summed E-state index contributed by atoms with van der Waals surface area (Å²) in [6.07, 6.45) is 1.77. The largest absolute Gasteiger partial charge is 0.301 e. The summed E-state index contributed by atoms with van der Waals surface area (Å²) in [7, 11) is 0. The molecule has 2 rings (SSSR count). The topological polar surface area (TPSA) is 101 Å². The Labute approximate surface area is 139 Å². The zero-order valence-corrected chi connectivity index (χ0v) is 14.1. The van der Waals surface area contributed by atoms with Gasteiger partial charge in [0.2, 0.25) is 11.0 Å². The fourth-order valence-electron chi connectivity index (χ4n) is 1.36. The van der Waals surface area contributed by atoms with Gasteiger partial charge in [0.05, 0.1) is 5.75 Å². The van der Waals surface area contributed by atoms with Crippen LogP contribution in [0.1, 0.15) is 5.69 Å². The number of carbonyl (C=O) groups excluding carboxylic acids is 1. The molecule has 0 spiro atoms. The predicted molar refractivity (Wildman–Crippen MR) is 89.8 cm³/mol. The lowest BCUT2D eigenvalue weighted by atomic mass is 10.5. The number of aryl methyl sites for hydroxylation is 1. The Morgan fingerprint density at radius 1 is 1.50 bits per heavy atom. The third-order valence-corrected chi connectivity index (χ3v) is 5.01. The molecule has 0 saturated heterocycles. The first kappa shape index (κ1) is 16.7. The highest BCUT2D eigenvalue weighted by atomic mass is 32.2. The van der Waals surface area contributed by atoms with Crippen LogP contribution in [-0.4, -0.2) is 37.6 Å². The molecule has 0 aliphatic carbocycles. The van der Waals surface area contributed by atoms with Crippen LogP contribution < -0.4 is 10.9 Å². The molecule has 7 nitrogen and oxygen atoms in total. The number of hydrogen-bond acceptors (Lipinski definition) is 8. The van der Waals surface area contributed by atoms with Crippen molar-refractivity contribution in [3.8, 4) is 0 Å². The predicted octanol–water partition coefficient (Wildman–Crippen LogP) is 1.94. The number of H-pyrrole nitrogens is 1. The number of aromatic nitrogens is 4. The molecule has 2 N–H and O–H groups in total. The number of anilines is 1. The SMILES string of the molecule is C=CCSc1nnc(NC(=O)CSc2nc(C)cc(=O)[nH]2)s1. The van der Waals surface area contributed by atoms with E-state index in [0.29, 0.717) is 16.0 Å². The molecule has 0 aliphatic heterocycles. The van der Waals surface area contributed by atoms with Crippen LogP contribution >= 0.6 is 34.9 Å². The second kappa shape index (κ2) is 8.11. The van der Waals surface area contributed by atoms with Crippen molar-refractivity contribution in [2.75, 3.05) is 16.8 Å². The number of nitrogens with zero attached hydrogens (tertiary/aromatic N) is 3. The molecule has 0 fully saturated rings. The molecule has 1 amide bonds. The van der Waals surface area contributed by atoms with Gasteiger partial charge in [0, 0.05) is 17.5 Å². The van der Waals surface area contributed by atoms with Gasteiger partial charge >= 0.3 is 0 Å². The molecule has 10 heteroatoms. The lowest BCUT2D eigenvalue weighted by Crippen LogP contribution is -2.15. The van der Waals surface area contributed by atoms with Gasteiger partial charge in [-0.05, 0) is 6.92 Å². The molecule has 0 bridgehead atoms. The van der Waals surface area contributed by atoms with E-state index in [1.54, 1.807) is 13.0 Å². The van der Waals surface area contributed by atoms with Gasteiger partial charge in [-0.1, -0.05) is 40.9 Å². The van der Waals surface area contributed by atoms with Gasteiger partial charge < -0.3 is 4.98 Å². The molecule has 0 aromatic carbocycles. The molecule has 0 aliphatic rings. The number of nitrogens with one attached hydrogen (secondary N) is 2. The van der Waals surface area contributed by atoms with E-state index < -0.39 is 0 Å². The molecule has 0 saturated carbocycles. The summed E-state index contributed by atoms with van der Waals surface area (Å²) >= 11 is 3.96. The van der Waals surface area contributed by atoms with E-state index in [-0.39, 0.29) is 17.2 Å². The monoisotopic (exact) mass is 355 g/mol. The van der Waals surface area contributed by atoms with Gasteiger partial charge in [0.1, 0.15) is 0 Å². The highest BCUT2D eigenvalue weighted by molar-refractivity contribution is 8.01. The van der Waals surface area contributed by atoms with Crippen molar-refractivity contribution in [3.63, 3.8) is 0 Å². The van der Waals surface area contributed by atoms with E-state index >= 15 is 0 Å². The summed E-state index contributed by atoms with van der Waals surface area (Å²) < 4.78 is 0.771. The van der Waals surface area contributed by atoms with Crippen LogP contribution in [0.2, 0.25) is 0 Å². The van der Waals surface area contributed by atoms with Crippen molar-refractivity contribution >= 4 is 45.9 Å². The summed E-state index contributed by atoms with van der Waals surface area (Å²) in [6, 6.07) is 1.40. The number of rotatable bonds is 7. The Hall–Kier alpha value is -1.65. The minimum Gasteiger partial charge on any atom is -0.301 e. The highest BCUT2D eigenvalue weighted by Crippen LogP contribution is 2.25. The standard InChI is InChI=1S/C12H13N5O2S3/c1-3-4-20-12-17-16-11(22-12)15-9(19)6-21-10-13-7(2)5-8(18)14-10/h3,5H,1,4,6H2,2H3,(H,13,14,18)(H,15,16,19). The Morgan fingerprint density at radius 2 is 2.32 bits per heavy atom. The Kier molecular flexibility index (Phi) is 6.16. The van der Waals surface area contributed by atoms with Crippen LogP contribution in [0.3, 0.4) is 0 Å². The fourth-order valence-corrected chi connectivity index (χ4v) is 3.61. The van der Waals surface area contributed by atoms with Crippen molar-refractivity contribution < 1.29 is 4.79 Å². The fraction of sp³-hybridized carbons (Fsp3) is 0.250. The zero-order chi connectivity index (χ0) is 15.9. The molecule has 2 aromatic rings. The van der Waals surface area contributed by atoms with E-state index in [1.807, 2.05) is 0 Å². The maximum absolute atomic E-state index is 11.8. The van der Waals surface area contributed by atoms with E-state index in [9.17, 15) is 9.59 Å². The Morgan fingerprint density at radius 3 is 3.05 bits per heavy atom. The minimum atomic E-state index is -0.233. The first-order valence-corrected chi connectivity index (χ1v) is 8.93. The van der Waals surface area contributed by atoms with Crippen LogP contribution in [0.4, 0.5) is 5.13 Å². The number of aromatic amines is 1. The van der Waals surface area contributed by atoms with Gasteiger partial charge in [-0.3, -0.25) is 14.9 Å². The summed E-state index contributed by atoms with van der Waals surface area (Å²) in [5.41, 5.74) is 0.378. The van der Waals surface area contributed by atoms with Crippen LogP contribution in [-0.2, 0) is 4.79 Å². The van der Waals surface area contributed by atoms with Gasteiger partial charge in [-0.25, -0.2) is 4.98 Å². The van der Waals surface area contributed by atoms with Crippen LogP contribution in [0.25, 0.3) is 0 Å². The van der Waals surface area contributed by atoms with Crippen LogP contribution in [0.15, 0.2) is 33.0 Å². The van der Waals surface area contributed by atoms with E-state index in [4.69, 9.17) is 0 Å². The van der Waals surface area contributed by atoms with Gasteiger partial charge in [0.15, 0.2) is 9.50 Å². The molecule has 2 aromatic heterocycles. The van der Waals surface area contributed by atoms with E-state index in [0.717, 1.165) is 21.9 Å². The molecule has 2 heterocycles. The molecular formula is C12H13N5O2S3. The number of hydrogen-bond donors (Lipinski definition) is 2. The normalized spacial score (nSPS) is 10.4.